The molecule has 5 nitrogen and oxygen atoms in total. The number of Topliss-reactive ketones (excluding diaryl/α,β-unsaturated/α-hetero) is 1. The molecule has 0 bridgehead atoms. The molecule has 0 N–H and O–H groups in total. The van der Waals surface area contributed by atoms with Gasteiger partial charge in [-0.15, -0.1) is 0 Å². The first-order valence-corrected chi connectivity index (χ1v) is 7.83. The number of hydrogen-bond acceptors (Lipinski definition) is 4. The number of halogens is 1. The highest BCUT2D eigenvalue weighted by molar-refractivity contribution is 9.10. The van der Waals surface area contributed by atoms with E-state index in [4.69, 9.17) is 4.74 Å². The fourth-order valence-corrected chi connectivity index (χ4v) is 4.34. The van der Waals surface area contributed by atoms with Gasteiger partial charge < -0.3 is 14.2 Å². The van der Waals surface area contributed by atoms with Crippen LogP contribution in [0.3, 0.4) is 0 Å². The molecule has 0 aromatic carbocycles. The molecule has 21 heavy (non-hydrogen) atoms. The van der Waals surface area contributed by atoms with Crippen molar-refractivity contribution in [1.29, 1.82) is 0 Å². The molecule has 1 aromatic heterocycles. The summed E-state index contributed by atoms with van der Waals surface area (Å²) in [5.41, 5.74) is -0.395. The van der Waals surface area contributed by atoms with E-state index in [1.807, 2.05) is 18.4 Å². The molecule has 1 unspecified atom stereocenters. The Balaban J connectivity index is 2.34. The molecule has 0 amide bonds. The van der Waals surface area contributed by atoms with Crippen molar-refractivity contribution in [2.75, 3.05) is 20.7 Å². The summed E-state index contributed by atoms with van der Waals surface area (Å²) in [4.78, 5) is 27.5. The number of hydrogen-bond donors (Lipinski definition) is 0. The lowest BCUT2D eigenvalue weighted by Gasteiger charge is -2.44. The van der Waals surface area contributed by atoms with Gasteiger partial charge in [-0.25, -0.2) is 0 Å². The lowest BCUT2D eigenvalue weighted by Crippen LogP contribution is -2.52. The lowest BCUT2D eigenvalue weighted by molar-refractivity contribution is 0.0541. The number of carbonyl (C=O) groups is 1. The SMILES string of the molecule is COc1c2n(cc(Br)c1=O)[C@@H]1CCN(C)C1C(C)(C)C2=O. The first kappa shape index (κ1) is 14.8. The maximum absolute atomic E-state index is 13.0. The van der Waals surface area contributed by atoms with Gasteiger partial charge in [0.05, 0.1) is 17.6 Å². The van der Waals surface area contributed by atoms with Gasteiger partial charge in [-0.05, 0) is 29.4 Å². The second-order valence-corrected chi connectivity index (χ2v) is 7.28. The predicted octanol–water partition coefficient (Wildman–Crippen LogP) is 2.09. The van der Waals surface area contributed by atoms with E-state index in [1.54, 1.807) is 6.20 Å². The molecular formula is C15H19BrN2O3. The summed E-state index contributed by atoms with van der Waals surface area (Å²) in [6.07, 6.45) is 2.70. The normalized spacial score (nSPS) is 27.4. The molecule has 0 aliphatic carbocycles. The Morgan fingerprint density at radius 3 is 2.67 bits per heavy atom. The fourth-order valence-electron chi connectivity index (χ4n) is 3.94. The van der Waals surface area contributed by atoms with Crippen LogP contribution >= 0.6 is 15.9 Å². The van der Waals surface area contributed by atoms with Gasteiger partial charge in [-0.1, -0.05) is 13.8 Å². The Labute approximate surface area is 132 Å². The molecule has 2 aliphatic rings. The van der Waals surface area contributed by atoms with E-state index in [0.29, 0.717) is 10.2 Å². The van der Waals surface area contributed by atoms with Gasteiger partial charge in [-0.2, -0.15) is 0 Å². The van der Waals surface area contributed by atoms with Crippen molar-refractivity contribution in [2.24, 2.45) is 5.41 Å². The summed E-state index contributed by atoms with van der Waals surface area (Å²) in [5, 5.41) is 0. The summed E-state index contributed by atoms with van der Waals surface area (Å²) >= 11 is 3.29. The van der Waals surface area contributed by atoms with Crippen LogP contribution in [0.4, 0.5) is 0 Å². The van der Waals surface area contributed by atoms with Crippen molar-refractivity contribution >= 4 is 21.7 Å². The molecule has 114 valence electrons. The molecule has 0 spiro atoms. The minimum Gasteiger partial charge on any atom is -0.491 e. The molecule has 2 atom stereocenters. The molecule has 1 aromatic rings. The van der Waals surface area contributed by atoms with Gasteiger partial charge in [0.2, 0.25) is 5.43 Å². The molecular weight excluding hydrogens is 336 g/mol. The molecule has 0 radical (unpaired) electrons. The Hall–Kier alpha value is -1.14. The van der Waals surface area contributed by atoms with Crippen LogP contribution in [0.15, 0.2) is 15.5 Å². The number of likely N-dealkylation sites (N-methyl/N-ethyl adjacent to an activating group) is 1. The summed E-state index contributed by atoms with van der Waals surface area (Å²) in [5.74, 6) is 0.120. The second-order valence-electron chi connectivity index (χ2n) is 6.43. The van der Waals surface area contributed by atoms with Crippen molar-refractivity contribution in [3.63, 3.8) is 0 Å². The average Bonchev–Trinajstić information content (AvgIpc) is 2.82. The monoisotopic (exact) mass is 354 g/mol. The van der Waals surface area contributed by atoms with Crippen LogP contribution < -0.4 is 10.2 Å². The number of ketones is 1. The fraction of sp³-hybridized carbons (Fsp3) is 0.600. The predicted molar refractivity (Wildman–Crippen MR) is 83.1 cm³/mol. The highest BCUT2D eigenvalue weighted by Gasteiger charge is 2.53. The van der Waals surface area contributed by atoms with Gasteiger partial charge in [0.1, 0.15) is 5.69 Å². The van der Waals surface area contributed by atoms with Crippen molar-refractivity contribution in [1.82, 2.24) is 9.47 Å². The van der Waals surface area contributed by atoms with Gasteiger partial charge in [0.25, 0.3) is 0 Å². The Morgan fingerprint density at radius 2 is 2.05 bits per heavy atom. The summed E-state index contributed by atoms with van der Waals surface area (Å²) in [6, 6.07) is 0.320. The number of rotatable bonds is 1. The van der Waals surface area contributed by atoms with Gasteiger partial charge in [0.15, 0.2) is 11.5 Å². The van der Waals surface area contributed by atoms with Gasteiger partial charge in [0, 0.05) is 24.2 Å². The third kappa shape index (κ3) is 1.85. The Kier molecular flexibility index (Phi) is 3.29. The van der Waals surface area contributed by atoms with Crippen LogP contribution in [0.2, 0.25) is 0 Å². The smallest absolute Gasteiger partial charge is 0.238 e. The second kappa shape index (κ2) is 4.68. The minimum atomic E-state index is -0.538. The van der Waals surface area contributed by atoms with Crippen LogP contribution in [-0.4, -0.2) is 42.0 Å². The maximum Gasteiger partial charge on any atom is 0.238 e. The van der Waals surface area contributed by atoms with E-state index >= 15 is 0 Å². The Morgan fingerprint density at radius 1 is 1.38 bits per heavy atom. The highest BCUT2D eigenvalue weighted by atomic mass is 79.9. The first-order valence-electron chi connectivity index (χ1n) is 7.04. The largest absolute Gasteiger partial charge is 0.491 e. The van der Waals surface area contributed by atoms with E-state index in [0.717, 1.165) is 13.0 Å². The van der Waals surface area contributed by atoms with Crippen LogP contribution in [0.1, 0.15) is 36.8 Å². The number of fused-ring (bicyclic) bond motifs is 3. The van der Waals surface area contributed by atoms with E-state index < -0.39 is 5.41 Å². The van der Waals surface area contributed by atoms with Crippen molar-refractivity contribution < 1.29 is 9.53 Å². The van der Waals surface area contributed by atoms with Crippen molar-refractivity contribution in [3.05, 3.63) is 26.6 Å². The lowest BCUT2D eigenvalue weighted by atomic mass is 9.73. The average molecular weight is 355 g/mol. The quantitative estimate of drug-likeness (QED) is 0.774. The van der Waals surface area contributed by atoms with Crippen LogP contribution in [0.5, 0.6) is 5.75 Å². The molecule has 3 rings (SSSR count). The maximum atomic E-state index is 13.0. The Bertz CT molecular complexity index is 680. The molecule has 3 heterocycles. The molecule has 1 fully saturated rings. The standard InChI is InChI=1S/C15H19BrN2O3/c1-15(2)13-9(5-6-17(13)3)18-7-8(16)11(19)12(21-4)10(18)14(15)20/h7,9,13H,5-6H2,1-4H3/t9-,13?/m1/s1. The summed E-state index contributed by atoms with van der Waals surface area (Å²) < 4.78 is 7.64. The number of methoxy groups -OCH3 is 1. The van der Waals surface area contributed by atoms with Gasteiger partial charge >= 0.3 is 0 Å². The number of aromatic nitrogens is 1. The van der Waals surface area contributed by atoms with E-state index in [2.05, 4.69) is 27.9 Å². The third-order valence-corrected chi connectivity index (χ3v) is 5.43. The number of nitrogens with zero attached hydrogens (tertiary/aromatic N) is 2. The highest BCUT2D eigenvalue weighted by Crippen LogP contribution is 2.47. The number of likely N-dealkylation sites (tertiary alicyclic amines) is 1. The van der Waals surface area contributed by atoms with Crippen LogP contribution in [0, 0.1) is 5.41 Å². The third-order valence-electron chi connectivity index (χ3n) is 4.87. The summed E-state index contributed by atoms with van der Waals surface area (Å²) in [7, 11) is 3.50. The number of carbonyl (C=O) groups excluding carboxylic acids is 1. The molecule has 6 heteroatoms. The van der Waals surface area contributed by atoms with Crippen LogP contribution in [-0.2, 0) is 0 Å². The van der Waals surface area contributed by atoms with Crippen LogP contribution in [0.25, 0.3) is 0 Å². The zero-order chi connectivity index (χ0) is 15.5. The summed E-state index contributed by atoms with van der Waals surface area (Å²) in [6.45, 7) is 4.87. The van der Waals surface area contributed by atoms with E-state index in [9.17, 15) is 9.59 Å². The number of pyridine rings is 1. The molecule has 2 aliphatic heterocycles. The van der Waals surface area contributed by atoms with E-state index in [-0.39, 0.29) is 29.0 Å². The minimum absolute atomic E-state index is 0.0287. The van der Waals surface area contributed by atoms with E-state index in [1.165, 1.54) is 7.11 Å². The first-order chi connectivity index (χ1) is 9.80. The topological polar surface area (TPSA) is 51.5 Å². The van der Waals surface area contributed by atoms with Crippen molar-refractivity contribution in [2.45, 2.75) is 32.4 Å². The molecule has 1 saturated heterocycles. The zero-order valence-corrected chi connectivity index (χ0v) is 14.2. The zero-order valence-electron chi connectivity index (χ0n) is 12.6. The number of ether oxygens (including phenoxy) is 1. The van der Waals surface area contributed by atoms with Crippen molar-refractivity contribution in [3.8, 4) is 5.75 Å². The molecule has 0 saturated carbocycles. The van der Waals surface area contributed by atoms with Gasteiger partial charge in [-0.3, -0.25) is 9.59 Å².